The first-order valence-corrected chi connectivity index (χ1v) is 6.94. The van der Waals surface area contributed by atoms with E-state index in [0.29, 0.717) is 6.04 Å². The third-order valence-electron chi connectivity index (χ3n) is 3.90. The molecule has 1 aliphatic carbocycles. The van der Waals surface area contributed by atoms with Crippen LogP contribution in [-0.2, 0) is 4.74 Å². The molecule has 2 heteroatoms. The maximum atomic E-state index is 5.47. The summed E-state index contributed by atoms with van der Waals surface area (Å²) < 4.78 is 5.47. The molecule has 0 spiro atoms. The van der Waals surface area contributed by atoms with Crippen molar-refractivity contribution in [1.29, 1.82) is 0 Å². The molecule has 0 amide bonds. The SMILES string of the molecule is CCNC(CC1CCCC1)C1=COCCC1. The van der Waals surface area contributed by atoms with Gasteiger partial charge in [0.1, 0.15) is 0 Å². The number of nitrogens with one attached hydrogen (secondary N) is 1. The summed E-state index contributed by atoms with van der Waals surface area (Å²) in [6.45, 7) is 4.17. The fourth-order valence-electron chi connectivity index (χ4n) is 3.03. The van der Waals surface area contributed by atoms with E-state index in [-0.39, 0.29) is 0 Å². The minimum absolute atomic E-state index is 0.577. The van der Waals surface area contributed by atoms with Gasteiger partial charge in [-0.1, -0.05) is 32.6 Å². The molecule has 1 atom stereocenters. The van der Waals surface area contributed by atoms with E-state index in [1.54, 1.807) is 0 Å². The predicted octanol–water partition coefficient (Wildman–Crippen LogP) is 3.24. The summed E-state index contributed by atoms with van der Waals surface area (Å²) >= 11 is 0. The van der Waals surface area contributed by atoms with Crippen molar-refractivity contribution in [3.63, 3.8) is 0 Å². The Balaban J connectivity index is 1.89. The number of hydrogen-bond acceptors (Lipinski definition) is 2. The van der Waals surface area contributed by atoms with Crippen molar-refractivity contribution in [2.24, 2.45) is 5.92 Å². The van der Waals surface area contributed by atoms with Crippen LogP contribution in [0.5, 0.6) is 0 Å². The van der Waals surface area contributed by atoms with Crippen LogP contribution in [0.4, 0.5) is 0 Å². The van der Waals surface area contributed by atoms with Gasteiger partial charge in [0.05, 0.1) is 12.9 Å². The average Bonchev–Trinajstić information content (AvgIpc) is 2.83. The van der Waals surface area contributed by atoms with Gasteiger partial charge in [0.15, 0.2) is 0 Å². The van der Waals surface area contributed by atoms with Gasteiger partial charge >= 0.3 is 0 Å². The zero-order chi connectivity index (χ0) is 11.2. The van der Waals surface area contributed by atoms with Gasteiger partial charge in [0.2, 0.25) is 0 Å². The van der Waals surface area contributed by atoms with Crippen LogP contribution in [0.3, 0.4) is 0 Å². The molecule has 1 aliphatic heterocycles. The minimum atomic E-state index is 0.577. The van der Waals surface area contributed by atoms with Gasteiger partial charge in [-0.15, -0.1) is 0 Å². The second-order valence-electron chi connectivity index (χ2n) is 5.16. The van der Waals surface area contributed by atoms with E-state index < -0.39 is 0 Å². The largest absolute Gasteiger partial charge is 0.501 e. The summed E-state index contributed by atoms with van der Waals surface area (Å²) in [5.74, 6) is 0.951. The van der Waals surface area contributed by atoms with Crippen LogP contribution in [-0.4, -0.2) is 19.2 Å². The first-order chi connectivity index (χ1) is 7.90. The Morgan fingerprint density at radius 3 is 2.81 bits per heavy atom. The maximum absolute atomic E-state index is 5.47. The highest BCUT2D eigenvalue weighted by atomic mass is 16.5. The number of rotatable bonds is 5. The normalized spacial score (nSPS) is 23.9. The lowest BCUT2D eigenvalue weighted by Gasteiger charge is -2.26. The van der Waals surface area contributed by atoms with Crippen molar-refractivity contribution in [1.82, 2.24) is 5.32 Å². The van der Waals surface area contributed by atoms with Crippen LogP contribution in [0.25, 0.3) is 0 Å². The third kappa shape index (κ3) is 3.24. The lowest BCUT2D eigenvalue weighted by molar-refractivity contribution is 0.217. The van der Waals surface area contributed by atoms with Gasteiger partial charge in [0.25, 0.3) is 0 Å². The Bertz CT molecular complexity index is 231. The molecule has 1 unspecified atom stereocenters. The summed E-state index contributed by atoms with van der Waals surface area (Å²) in [5, 5.41) is 3.63. The Kier molecular flexibility index (Phi) is 4.70. The van der Waals surface area contributed by atoms with E-state index in [0.717, 1.165) is 19.1 Å². The van der Waals surface area contributed by atoms with Crippen LogP contribution in [0.15, 0.2) is 11.8 Å². The molecule has 2 rings (SSSR count). The van der Waals surface area contributed by atoms with Crippen molar-refractivity contribution < 1.29 is 4.74 Å². The van der Waals surface area contributed by atoms with Crippen molar-refractivity contribution in [3.8, 4) is 0 Å². The van der Waals surface area contributed by atoms with Crippen molar-refractivity contribution >= 4 is 0 Å². The van der Waals surface area contributed by atoms with Crippen LogP contribution in [0, 0.1) is 5.92 Å². The van der Waals surface area contributed by atoms with Crippen molar-refractivity contribution in [2.45, 2.75) is 57.9 Å². The minimum Gasteiger partial charge on any atom is -0.501 e. The highest BCUT2D eigenvalue weighted by Crippen LogP contribution is 2.31. The zero-order valence-electron chi connectivity index (χ0n) is 10.5. The highest BCUT2D eigenvalue weighted by molar-refractivity contribution is 5.10. The van der Waals surface area contributed by atoms with Crippen LogP contribution in [0.2, 0.25) is 0 Å². The molecule has 0 bridgehead atoms. The fourth-order valence-corrected chi connectivity index (χ4v) is 3.03. The Labute approximate surface area is 99.4 Å². The summed E-state index contributed by atoms with van der Waals surface area (Å²) in [6.07, 6.45) is 11.5. The lowest BCUT2D eigenvalue weighted by atomic mass is 9.91. The molecule has 92 valence electrons. The van der Waals surface area contributed by atoms with Gasteiger partial charge in [-0.05, 0) is 37.3 Å². The fraction of sp³-hybridized carbons (Fsp3) is 0.857. The summed E-state index contributed by atoms with van der Waals surface area (Å²) in [6, 6.07) is 0.577. The number of ether oxygens (including phenoxy) is 1. The Morgan fingerprint density at radius 2 is 2.19 bits per heavy atom. The molecular weight excluding hydrogens is 198 g/mol. The Morgan fingerprint density at radius 1 is 1.38 bits per heavy atom. The molecule has 1 N–H and O–H groups in total. The van der Waals surface area contributed by atoms with Gasteiger partial charge in [0, 0.05) is 6.04 Å². The van der Waals surface area contributed by atoms with Crippen LogP contribution >= 0.6 is 0 Å². The molecule has 1 fully saturated rings. The molecular formula is C14H25NO. The molecule has 2 aliphatic rings. The van der Waals surface area contributed by atoms with Gasteiger partial charge in [-0.25, -0.2) is 0 Å². The first-order valence-electron chi connectivity index (χ1n) is 6.94. The van der Waals surface area contributed by atoms with Gasteiger partial charge in [-0.3, -0.25) is 0 Å². The molecule has 2 nitrogen and oxygen atoms in total. The third-order valence-corrected chi connectivity index (χ3v) is 3.90. The first kappa shape index (κ1) is 12.0. The topological polar surface area (TPSA) is 21.3 Å². The van der Waals surface area contributed by atoms with Crippen LogP contribution in [0.1, 0.15) is 51.9 Å². The molecule has 1 saturated carbocycles. The van der Waals surface area contributed by atoms with E-state index >= 15 is 0 Å². The van der Waals surface area contributed by atoms with E-state index in [9.17, 15) is 0 Å². The monoisotopic (exact) mass is 223 g/mol. The number of likely N-dealkylation sites (N-methyl/N-ethyl adjacent to an activating group) is 1. The van der Waals surface area contributed by atoms with E-state index in [2.05, 4.69) is 12.2 Å². The second-order valence-corrected chi connectivity index (χ2v) is 5.16. The van der Waals surface area contributed by atoms with E-state index in [4.69, 9.17) is 4.74 Å². The van der Waals surface area contributed by atoms with Crippen molar-refractivity contribution in [2.75, 3.05) is 13.2 Å². The molecule has 0 aromatic rings. The highest BCUT2D eigenvalue weighted by Gasteiger charge is 2.23. The van der Waals surface area contributed by atoms with E-state index in [1.165, 1.54) is 50.5 Å². The lowest BCUT2D eigenvalue weighted by Crippen LogP contribution is -2.33. The molecule has 0 aromatic carbocycles. The molecule has 0 aromatic heterocycles. The Hall–Kier alpha value is -0.500. The van der Waals surface area contributed by atoms with E-state index in [1.807, 2.05) is 6.26 Å². The molecule has 0 radical (unpaired) electrons. The predicted molar refractivity (Wildman–Crippen MR) is 67.3 cm³/mol. The van der Waals surface area contributed by atoms with Gasteiger partial charge < -0.3 is 10.1 Å². The standard InChI is InChI=1S/C14H25NO/c1-2-15-14(10-12-6-3-4-7-12)13-8-5-9-16-11-13/h11-12,14-15H,2-10H2,1H3. The molecule has 0 saturated heterocycles. The smallest absolute Gasteiger partial charge is 0.0876 e. The quantitative estimate of drug-likeness (QED) is 0.772. The number of hydrogen-bond donors (Lipinski definition) is 1. The van der Waals surface area contributed by atoms with Crippen LogP contribution < -0.4 is 5.32 Å². The average molecular weight is 223 g/mol. The molecule has 16 heavy (non-hydrogen) atoms. The summed E-state index contributed by atoms with van der Waals surface area (Å²) in [5.41, 5.74) is 1.50. The second kappa shape index (κ2) is 6.29. The maximum Gasteiger partial charge on any atom is 0.0876 e. The summed E-state index contributed by atoms with van der Waals surface area (Å²) in [7, 11) is 0. The van der Waals surface area contributed by atoms with Crippen molar-refractivity contribution in [3.05, 3.63) is 11.8 Å². The zero-order valence-corrected chi connectivity index (χ0v) is 10.5. The summed E-state index contributed by atoms with van der Waals surface area (Å²) in [4.78, 5) is 0. The van der Waals surface area contributed by atoms with Gasteiger partial charge in [-0.2, -0.15) is 0 Å². The molecule has 1 heterocycles.